The first-order valence-electron chi connectivity index (χ1n) is 8.87. The highest BCUT2D eigenvalue weighted by Gasteiger charge is 2.10. The van der Waals surface area contributed by atoms with E-state index >= 15 is 0 Å². The van der Waals surface area contributed by atoms with Gasteiger partial charge < -0.3 is 10.3 Å². The van der Waals surface area contributed by atoms with Crippen LogP contribution in [0, 0.1) is 0 Å². The van der Waals surface area contributed by atoms with Crippen molar-refractivity contribution in [1.82, 2.24) is 20.2 Å². The molecule has 1 aliphatic rings. The first kappa shape index (κ1) is 16.9. The zero-order valence-corrected chi connectivity index (χ0v) is 14.3. The van der Waals surface area contributed by atoms with Gasteiger partial charge in [-0.05, 0) is 18.4 Å². The van der Waals surface area contributed by atoms with Crippen molar-refractivity contribution in [3.63, 3.8) is 0 Å². The molecule has 5 nitrogen and oxygen atoms in total. The Morgan fingerprint density at radius 1 is 1.17 bits per heavy atom. The third-order valence-electron chi connectivity index (χ3n) is 4.42. The molecule has 1 aromatic heterocycles. The highest BCUT2D eigenvalue weighted by molar-refractivity contribution is 5.55. The van der Waals surface area contributed by atoms with Crippen molar-refractivity contribution in [2.75, 3.05) is 26.2 Å². The SMILES string of the molecule is CCCCc1cc(=O)[nH]c(-c2ccc(CN3CCNCC3)cc2)n1. The molecule has 1 saturated heterocycles. The van der Waals surface area contributed by atoms with Gasteiger partial charge in [-0.1, -0.05) is 37.6 Å². The van der Waals surface area contributed by atoms with Gasteiger partial charge in [0.05, 0.1) is 0 Å². The van der Waals surface area contributed by atoms with Crippen LogP contribution in [0.4, 0.5) is 0 Å². The van der Waals surface area contributed by atoms with E-state index in [0.717, 1.165) is 63.2 Å². The molecule has 1 aromatic carbocycles. The Balaban J connectivity index is 1.72. The third-order valence-corrected chi connectivity index (χ3v) is 4.42. The Kier molecular flexibility index (Phi) is 5.77. The summed E-state index contributed by atoms with van der Waals surface area (Å²) in [5.74, 6) is 0.669. The standard InChI is InChI=1S/C19H26N4O/c1-2-3-4-17-13-18(24)22-19(21-17)16-7-5-15(6-8-16)14-23-11-9-20-10-12-23/h5-8,13,20H,2-4,9-12,14H2,1H3,(H,21,22,24). The second kappa shape index (κ2) is 8.22. The predicted octanol–water partition coefficient (Wildman–Crippen LogP) is 2.18. The fourth-order valence-corrected chi connectivity index (χ4v) is 3.03. The smallest absolute Gasteiger partial charge is 0.251 e. The molecular formula is C19H26N4O. The molecule has 2 heterocycles. The van der Waals surface area contributed by atoms with Crippen LogP contribution < -0.4 is 10.9 Å². The number of benzene rings is 1. The topological polar surface area (TPSA) is 61.0 Å². The van der Waals surface area contributed by atoms with E-state index in [1.54, 1.807) is 6.07 Å². The Labute approximate surface area is 143 Å². The van der Waals surface area contributed by atoms with Crippen molar-refractivity contribution in [3.05, 3.63) is 51.9 Å². The van der Waals surface area contributed by atoms with Crippen LogP contribution in [0.5, 0.6) is 0 Å². The summed E-state index contributed by atoms with van der Waals surface area (Å²) in [5.41, 5.74) is 3.07. The molecule has 2 N–H and O–H groups in total. The average Bonchev–Trinajstić information content (AvgIpc) is 2.61. The van der Waals surface area contributed by atoms with Gasteiger partial charge in [-0.25, -0.2) is 4.98 Å². The van der Waals surface area contributed by atoms with Crippen molar-refractivity contribution in [3.8, 4) is 11.4 Å². The normalized spacial score (nSPS) is 15.5. The number of unbranched alkanes of at least 4 members (excludes halogenated alkanes) is 1. The van der Waals surface area contributed by atoms with Crippen LogP contribution in [0.15, 0.2) is 35.1 Å². The summed E-state index contributed by atoms with van der Waals surface area (Å²) >= 11 is 0. The van der Waals surface area contributed by atoms with E-state index in [4.69, 9.17) is 0 Å². The summed E-state index contributed by atoms with van der Waals surface area (Å²) in [6.45, 7) is 7.43. The lowest BCUT2D eigenvalue weighted by Gasteiger charge is -2.27. The van der Waals surface area contributed by atoms with E-state index in [-0.39, 0.29) is 5.56 Å². The van der Waals surface area contributed by atoms with Crippen LogP contribution >= 0.6 is 0 Å². The lowest BCUT2D eigenvalue weighted by molar-refractivity contribution is 0.233. The first-order valence-corrected chi connectivity index (χ1v) is 8.87. The molecule has 0 aliphatic carbocycles. The van der Waals surface area contributed by atoms with Gasteiger partial charge in [0.2, 0.25) is 0 Å². The maximum absolute atomic E-state index is 11.9. The number of H-pyrrole nitrogens is 1. The van der Waals surface area contributed by atoms with Gasteiger partial charge in [0.25, 0.3) is 5.56 Å². The number of aromatic nitrogens is 2. The second-order valence-electron chi connectivity index (χ2n) is 6.41. The predicted molar refractivity (Wildman–Crippen MR) is 97.1 cm³/mol. The maximum Gasteiger partial charge on any atom is 0.251 e. The lowest BCUT2D eigenvalue weighted by atomic mass is 10.1. The van der Waals surface area contributed by atoms with E-state index < -0.39 is 0 Å². The Morgan fingerprint density at radius 2 is 1.92 bits per heavy atom. The third kappa shape index (κ3) is 4.52. The van der Waals surface area contributed by atoms with Crippen LogP contribution in [0.3, 0.4) is 0 Å². The summed E-state index contributed by atoms with van der Waals surface area (Å²) in [6.07, 6.45) is 3.01. The minimum absolute atomic E-state index is 0.0732. The highest BCUT2D eigenvalue weighted by Crippen LogP contribution is 2.16. The second-order valence-corrected chi connectivity index (χ2v) is 6.41. The van der Waals surface area contributed by atoms with Crippen molar-refractivity contribution in [2.24, 2.45) is 0 Å². The van der Waals surface area contributed by atoms with Crippen LogP contribution in [-0.4, -0.2) is 41.0 Å². The molecule has 2 aromatic rings. The molecule has 0 saturated carbocycles. The zero-order valence-electron chi connectivity index (χ0n) is 14.3. The van der Waals surface area contributed by atoms with E-state index in [2.05, 4.69) is 51.4 Å². The molecule has 0 atom stereocenters. The number of nitrogens with one attached hydrogen (secondary N) is 2. The van der Waals surface area contributed by atoms with Gasteiger partial charge in [0, 0.05) is 50.0 Å². The molecule has 0 radical (unpaired) electrons. The summed E-state index contributed by atoms with van der Waals surface area (Å²) in [7, 11) is 0. The van der Waals surface area contributed by atoms with Gasteiger partial charge in [-0.15, -0.1) is 0 Å². The fourth-order valence-electron chi connectivity index (χ4n) is 3.03. The van der Waals surface area contributed by atoms with E-state index in [9.17, 15) is 4.79 Å². The Hall–Kier alpha value is -1.98. The quantitative estimate of drug-likeness (QED) is 0.854. The number of aryl methyl sites for hydroxylation is 1. The minimum atomic E-state index is -0.0732. The van der Waals surface area contributed by atoms with Gasteiger partial charge >= 0.3 is 0 Å². The van der Waals surface area contributed by atoms with Crippen molar-refractivity contribution >= 4 is 0 Å². The van der Waals surface area contributed by atoms with Crippen molar-refractivity contribution < 1.29 is 0 Å². The van der Waals surface area contributed by atoms with Gasteiger partial charge in [-0.3, -0.25) is 9.69 Å². The zero-order chi connectivity index (χ0) is 16.8. The number of nitrogens with zero attached hydrogens (tertiary/aromatic N) is 2. The molecule has 5 heteroatoms. The molecule has 24 heavy (non-hydrogen) atoms. The molecule has 0 amide bonds. The summed E-state index contributed by atoms with van der Waals surface area (Å²) in [5, 5.41) is 3.37. The lowest BCUT2D eigenvalue weighted by Crippen LogP contribution is -2.42. The van der Waals surface area contributed by atoms with Crippen LogP contribution in [0.25, 0.3) is 11.4 Å². The molecule has 128 valence electrons. The first-order chi connectivity index (χ1) is 11.7. The monoisotopic (exact) mass is 326 g/mol. The molecule has 0 spiro atoms. The number of piperazine rings is 1. The van der Waals surface area contributed by atoms with Crippen molar-refractivity contribution in [2.45, 2.75) is 32.7 Å². The fraction of sp³-hybridized carbons (Fsp3) is 0.474. The van der Waals surface area contributed by atoms with Gasteiger partial charge in [-0.2, -0.15) is 0 Å². The molecule has 3 rings (SSSR count). The highest BCUT2D eigenvalue weighted by atomic mass is 16.1. The van der Waals surface area contributed by atoms with Crippen LogP contribution in [-0.2, 0) is 13.0 Å². The Morgan fingerprint density at radius 3 is 2.62 bits per heavy atom. The van der Waals surface area contributed by atoms with E-state index in [0.29, 0.717) is 5.82 Å². The van der Waals surface area contributed by atoms with Gasteiger partial charge in [0.15, 0.2) is 0 Å². The largest absolute Gasteiger partial charge is 0.314 e. The molecular weight excluding hydrogens is 300 g/mol. The summed E-state index contributed by atoms with van der Waals surface area (Å²) in [6, 6.07) is 9.99. The molecule has 0 bridgehead atoms. The summed E-state index contributed by atoms with van der Waals surface area (Å²) in [4.78, 5) is 21.8. The van der Waals surface area contributed by atoms with Crippen LogP contribution in [0.2, 0.25) is 0 Å². The molecule has 1 aliphatic heterocycles. The maximum atomic E-state index is 11.9. The number of hydrogen-bond donors (Lipinski definition) is 2. The summed E-state index contributed by atoms with van der Waals surface area (Å²) < 4.78 is 0. The van der Waals surface area contributed by atoms with E-state index in [1.165, 1.54) is 5.56 Å². The average molecular weight is 326 g/mol. The number of aromatic amines is 1. The molecule has 1 fully saturated rings. The number of hydrogen-bond acceptors (Lipinski definition) is 4. The Bertz CT molecular complexity index is 702. The molecule has 0 unspecified atom stereocenters. The minimum Gasteiger partial charge on any atom is -0.314 e. The van der Waals surface area contributed by atoms with Crippen molar-refractivity contribution in [1.29, 1.82) is 0 Å². The number of rotatable bonds is 6. The van der Waals surface area contributed by atoms with E-state index in [1.807, 2.05) is 0 Å². The van der Waals surface area contributed by atoms with Crippen LogP contribution in [0.1, 0.15) is 31.0 Å². The van der Waals surface area contributed by atoms with Gasteiger partial charge in [0.1, 0.15) is 5.82 Å².